The third-order valence-electron chi connectivity index (χ3n) is 4.77. The van der Waals surface area contributed by atoms with Crippen LogP contribution in [-0.4, -0.2) is 34.7 Å². The van der Waals surface area contributed by atoms with E-state index in [1.165, 1.54) is 22.7 Å². The van der Waals surface area contributed by atoms with Gasteiger partial charge in [-0.3, -0.25) is 14.5 Å². The largest absolute Gasteiger partial charge is 0.366 e. The van der Waals surface area contributed by atoms with Crippen molar-refractivity contribution in [1.29, 1.82) is 0 Å². The minimum Gasteiger partial charge on any atom is -0.366 e. The Hall–Kier alpha value is -2.40. The van der Waals surface area contributed by atoms with Gasteiger partial charge in [0, 0.05) is 18.0 Å². The van der Waals surface area contributed by atoms with Crippen LogP contribution in [0, 0.1) is 0 Å². The SMILES string of the molecule is O=C1C(c2cccs2)=C(N2CCCCC2)C(=O)N1Cc1ccccc1. The standard InChI is InChI=1S/C20H20N2O2S/c23-19-17(16-10-7-13-25-16)18(21-11-5-2-6-12-21)20(24)22(19)14-15-8-3-1-4-9-15/h1,3-4,7-10,13H,2,5-6,11-12,14H2. The quantitative estimate of drug-likeness (QED) is 0.791. The minimum absolute atomic E-state index is 0.154. The van der Waals surface area contributed by atoms with Gasteiger partial charge in [-0.05, 0) is 36.3 Å². The van der Waals surface area contributed by atoms with Crippen LogP contribution in [-0.2, 0) is 16.1 Å². The molecule has 0 aliphatic carbocycles. The highest BCUT2D eigenvalue weighted by molar-refractivity contribution is 7.11. The average Bonchev–Trinajstić information content (AvgIpc) is 3.26. The van der Waals surface area contributed by atoms with E-state index in [1.807, 2.05) is 47.8 Å². The maximum Gasteiger partial charge on any atom is 0.278 e. The molecule has 25 heavy (non-hydrogen) atoms. The van der Waals surface area contributed by atoms with Crippen LogP contribution < -0.4 is 0 Å². The van der Waals surface area contributed by atoms with E-state index in [0.29, 0.717) is 17.8 Å². The lowest BCUT2D eigenvalue weighted by atomic mass is 10.1. The molecule has 2 aliphatic heterocycles. The van der Waals surface area contributed by atoms with Crippen molar-refractivity contribution in [3.8, 4) is 0 Å². The molecule has 0 N–H and O–H groups in total. The minimum atomic E-state index is -0.170. The van der Waals surface area contributed by atoms with Crippen molar-refractivity contribution in [2.45, 2.75) is 25.8 Å². The Morgan fingerprint density at radius 1 is 0.880 bits per heavy atom. The van der Waals surface area contributed by atoms with E-state index in [4.69, 9.17) is 0 Å². The summed E-state index contributed by atoms with van der Waals surface area (Å²) in [6, 6.07) is 13.6. The Kier molecular flexibility index (Phi) is 4.40. The van der Waals surface area contributed by atoms with E-state index >= 15 is 0 Å². The first-order chi connectivity index (χ1) is 12.3. The van der Waals surface area contributed by atoms with Crippen LogP contribution in [0.5, 0.6) is 0 Å². The highest BCUT2D eigenvalue weighted by atomic mass is 32.1. The Morgan fingerprint density at radius 2 is 1.64 bits per heavy atom. The molecule has 1 saturated heterocycles. The van der Waals surface area contributed by atoms with E-state index in [2.05, 4.69) is 4.90 Å². The number of likely N-dealkylation sites (tertiary alicyclic amines) is 1. The first-order valence-corrected chi connectivity index (χ1v) is 9.57. The lowest BCUT2D eigenvalue weighted by Gasteiger charge is -2.29. The molecule has 0 unspecified atom stereocenters. The van der Waals surface area contributed by atoms with Crippen molar-refractivity contribution in [1.82, 2.24) is 9.80 Å². The predicted octanol–water partition coefficient (Wildman–Crippen LogP) is 3.51. The summed E-state index contributed by atoms with van der Waals surface area (Å²) in [5, 5.41) is 1.95. The fourth-order valence-electron chi connectivity index (χ4n) is 3.53. The van der Waals surface area contributed by atoms with E-state index in [1.54, 1.807) is 0 Å². The molecule has 0 radical (unpaired) electrons. The van der Waals surface area contributed by atoms with Crippen molar-refractivity contribution in [2.24, 2.45) is 0 Å². The van der Waals surface area contributed by atoms with E-state index < -0.39 is 0 Å². The number of imide groups is 1. The molecule has 0 bridgehead atoms. The summed E-state index contributed by atoms with van der Waals surface area (Å²) in [4.78, 5) is 30.6. The smallest absolute Gasteiger partial charge is 0.278 e. The van der Waals surface area contributed by atoms with Crippen LogP contribution in [0.4, 0.5) is 0 Å². The molecule has 0 saturated carbocycles. The highest BCUT2D eigenvalue weighted by Crippen LogP contribution is 2.35. The Labute approximate surface area is 151 Å². The monoisotopic (exact) mass is 352 g/mol. The molecule has 2 amide bonds. The third kappa shape index (κ3) is 3.00. The van der Waals surface area contributed by atoms with E-state index in [9.17, 15) is 9.59 Å². The first-order valence-electron chi connectivity index (χ1n) is 8.69. The normalized spacial score (nSPS) is 18.4. The Morgan fingerprint density at radius 3 is 2.32 bits per heavy atom. The molecule has 128 valence electrons. The zero-order valence-electron chi connectivity index (χ0n) is 14.0. The third-order valence-corrected chi connectivity index (χ3v) is 5.65. The van der Waals surface area contributed by atoms with Crippen LogP contribution in [0.15, 0.2) is 53.5 Å². The molecular weight excluding hydrogens is 332 g/mol. The summed E-state index contributed by atoms with van der Waals surface area (Å²) in [7, 11) is 0. The number of amides is 2. The average molecular weight is 352 g/mol. The molecule has 4 rings (SSSR count). The van der Waals surface area contributed by atoms with Gasteiger partial charge in [-0.15, -0.1) is 11.3 Å². The number of carbonyl (C=O) groups excluding carboxylic acids is 2. The van der Waals surface area contributed by atoms with E-state index in [0.717, 1.165) is 36.4 Å². The lowest BCUT2D eigenvalue weighted by Crippen LogP contribution is -2.36. The van der Waals surface area contributed by atoms with Gasteiger partial charge in [0.1, 0.15) is 5.70 Å². The maximum atomic E-state index is 13.1. The number of thiophene rings is 1. The highest BCUT2D eigenvalue weighted by Gasteiger charge is 2.42. The molecule has 4 nitrogen and oxygen atoms in total. The number of piperidine rings is 1. The summed E-state index contributed by atoms with van der Waals surface area (Å²) in [5.74, 6) is -0.323. The fourth-order valence-corrected chi connectivity index (χ4v) is 4.29. The number of nitrogens with zero attached hydrogens (tertiary/aromatic N) is 2. The number of carbonyl (C=O) groups is 2. The molecular formula is C20H20N2O2S. The summed E-state index contributed by atoms with van der Waals surface area (Å²) in [5.41, 5.74) is 2.15. The van der Waals surface area contributed by atoms with E-state index in [-0.39, 0.29) is 11.8 Å². The van der Waals surface area contributed by atoms with Crippen LogP contribution >= 0.6 is 11.3 Å². The van der Waals surface area contributed by atoms with Gasteiger partial charge in [0.05, 0.1) is 12.1 Å². The molecule has 2 aliphatic rings. The van der Waals surface area contributed by atoms with Crippen LogP contribution in [0.2, 0.25) is 0 Å². The zero-order chi connectivity index (χ0) is 17.2. The van der Waals surface area contributed by atoms with Crippen molar-refractivity contribution < 1.29 is 9.59 Å². The fraction of sp³-hybridized carbons (Fsp3) is 0.300. The van der Waals surface area contributed by atoms with Crippen molar-refractivity contribution in [2.75, 3.05) is 13.1 Å². The number of hydrogen-bond donors (Lipinski definition) is 0. The van der Waals surface area contributed by atoms with Gasteiger partial charge < -0.3 is 4.90 Å². The summed E-state index contributed by atoms with van der Waals surface area (Å²) in [6.07, 6.45) is 3.33. The van der Waals surface area contributed by atoms with Crippen LogP contribution in [0.3, 0.4) is 0 Å². The Bertz CT molecular complexity index is 805. The van der Waals surface area contributed by atoms with Crippen molar-refractivity contribution in [3.05, 3.63) is 64.0 Å². The number of hydrogen-bond acceptors (Lipinski definition) is 4. The van der Waals surface area contributed by atoms with Crippen LogP contribution in [0.25, 0.3) is 5.57 Å². The van der Waals surface area contributed by atoms with Crippen molar-refractivity contribution in [3.63, 3.8) is 0 Å². The van der Waals surface area contributed by atoms with Gasteiger partial charge in [-0.2, -0.15) is 0 Å². The summed E-state index contributed by atoms with van der Waals surface area (Å²) in [6.45, 7) is 2.02. The summed E-state index contributed by atoms with van der Waals surface area (Å²) >= 11 is 1.52. The van der Waals surface area contributed by atoms with Gasteiger partial charge in [-0.25, -0.2) is 0 Å². The van der Waals surface area contributed by atoms with Gasteiger partial charge in [0.25, 0.3) is 11.8 Å². The second kappa shape index (κ2) is 6.84. The Balaban J connectivity index is 1.71. The molecule has 1 fully saturated rings. The van der Waals surface area contributed by atoms with Crippen molar-refractivity contribution >= 4 is 28.7 Å². The van der Waals surface area contributed by atoms with Gasteiger partial charge in [0.2, 0.25) is 0 Å². The topological polar surface area (TPSA) is 40.6 Å². The van der Waals surface area contributed by atoms with Gasteiger partial charge >= 0.3 is 0 Å². The molecule has 2 aromatic rings. The second-order valence-electron chi connectivity index (χ2n) is 6.43. The summed E-state index contributed by atoms with van der Waals surface area (Å²) < 4.78 is 0. The molecule has 1 aromatic carbocycles. The number of rotatable bonds is 4. The van der Waals surface area contributed by atoms with Crippen LogP contribution in [0.1, 0.15) is 29.7 Å². The lowest BCUT2D eigenvalue weighted by molar-refractivity contribution is -0.138. The molecule has 1 aromatic heterocycles. The molecule has 0 spiro atoms. The van der Waals surface area contributed by atoms with Gasteiger partial charge in [0.15, 0.2) is 0 Å². The number of benzene rings is 1. The zero-order valence-corrected chi connectivity index (χ0v) is 14.8. The predicted molar refractivity (Wildman–Crippen MR) is 98.7 cm³/mol. The van der Waals surface area contributed by atoms with Gasteiger partial charge in [-0.1, -0.05) is 36.4 Å². The molecule has 0 atom stereocenters. The first kappa shape index (κ1) is 16.1. The maximum absolute atomic E-state index is 13.1. The molecule has 3 heterocycles. The second-order valence-corrected chi connectivity index (χ2v) is 7.38. The molecule has 5 heteroatoms.